The molecular weight excluding hydrogens is 510 g/mol. The number of hydrogen-bond donors (Lipinski definition) is 3. The molecule has 0 aliphatic rings. The Morgan fingerprint density at radius 3 is 2.59 bits per heavy atom. The number of primary amides is 1. The summed E-state index contributed by atoms with van der Waals surface area (Å²) in [6.45, 7) is 7.67. The maximum Gasteiger partial charge on any atom is 0.217 e. The van der Waals surface area contributed by atoms with Crippen LogP contribution in [0.2, 0.25) is 0 Å². The summed E-state index contributed by atoms with van der Waals surface area (Å²) in [4.78, 5) is 23.4. The molecule has 0 radical (unpaired) electrons. The van der Waals surface area contributed by atoms with Gasteiger partial charge in [-0.05, 0) is 85.8 Å². The number of para-hydroxylation sites is 1. The molecule has 5 rings (SSSR count). The monoisotopic (exact) mass is 549 g/mol. The molecule has 8 nitrogen and oxygen atoms in total. The van der Waals surface area contributed by atoms with E-state index in [2.05, 4.69) is 94.3 Å². The largest absolute Gasteiger partial charge is 0.370 e. The topological polar surface area (TPSA) is 115 Å². The Morgan fingerprint density at radius 2 is 1.80 bits per heavy atom. The van der Waals surface area contributed by atoms with E-state index in [1.54, 1.807) is 0 Å². The summed E-state index contributed by atoms with van der Waals surface area (Å²) < 4.78 is 2.24. The lowest BCUT2D eigenvalue weighted by Crippen LogP contribution is -2.25. The molecule has 0 unspecified atom stereocenters. The third-order valence-corrected chi connectivity index (χ3v) is 7.32. The fourth-order valence-corrected chi connectivity index (χ4v) is 5.43. The summed E-state index contributed by atoms with van der Waals surface area (Å²) in [5, 5.41) is 4.62. The summed E-state index contributed by atoms with van der Waals surface area (Å²) in [7, 11) is 0. The Kier molecular flexibility index (Phi) is 8.79. The van der Waals surface area contributed by atoms with Crippen molar-refractivity contribution in [2.45, 2.75) is 46.2 Å². The van der Waals surface area contributed by atoms with Gasteiger partial charge in [0.2, 0.25) is 11.9 Å². The van der Waals surface area contributed by atoms with Crippen LogP contribution in [-0.4, -0.2) is 40.1 Å². The van der Waals surface area contributed by atoms with Gasteiger partial charge < -0.3 is 26.3 Å². The van der Waals surface area contributed by atoms with Crippen LogP contribution >= 0.6 is 0 Å². The first-order chi connectivity index (χ1) is 19.9. The third-order valence-electron chi connectivity index (χ3n) is 7.32. The molecule has 3 aromatic carbocycles. The van der Waals surface area contributed by atoms with Crippen molar-refractivity contribution in [1.82, 2.24) is 14.5 Å². The van der Waals surface area contributed by atoms with Crippen molar-refractivity contribution < 1.29 is 4.79 Å². The summed E-state index contributed by atoms with van der Waals surface area (Å²) >= 11 is 0. The van der Waals surface area contributed by atoms with Crippen molar-refractivity contribution in [3.05, 3.63) is 95.2 Å². The van der Waals surface area contributed by atoms with E-state index in [0.29, 0.717) is 32.5 Å². The Labute approximate surface area is 241 Å². The number of hydrogen-bond acceptors (Lipinski definition) is 6. The van der Waals surface area contributed by atoms with Crippen LogP contribution in [0.5, 0.6) is 0 Å². The van der Waals surface area contributed by atoms with E-state index in [1.165, 1.54) is 16.7 Å². The fraction of sp³-hybridized carbons (Fsp3) is 0.303. The Morgan fingerprint density at radius 1 is 1.00 bits per heavy atom. The number of imidazole rings is 1. The maximum atomic E-state index is 11.5. The molecule has 0 aliphatic heterocycles. The normalized spacial score (nSPS) is 11.3. The van der Waals surface area contributed by atoms with Crippen molar-refractivity contribution in [1.29, 1.82) is 0 Å². The van der Waals surface area contributed by atoms with E-state index in [4.69, 9.17) is 16.5 Å². The Balaban J connectivity index is 1.52. The highest BCUT2D eigenvalue weighted by atomic mass is 16.1. The lowest BCUT2D eigenvalue weighted by molar-refractivity contribution is -0.118. The van der Waals surface area contributed by atoms with Gasteiger partial charge in [-0.1, -0.05) is 36.4 Å². The van der Waals surface area contributed by atoms with Crippen molar-refractivity contribution in [2.24, 2.45) is 11.5 Å². The van der Waals surface area contributed by atoms with E-state index in [1.807, 2.05) is 12.3 Å². The lowest BCUT2D eigenvalue weighted by atomic mass is 10.1. The van der Waals surface area contributed by atoms with Crippen molar-refractivity contribution >= 4 is 39.5 Å². The first kappa shape index (κ1) is 28.1. The van der Waals surface area contributed by atoms with Gasteiger partial charge in [-0.2, -0.15) is 0 Å². The predicted molar refractivity (Wildman–Crippen MR) is 168 cm³/mol. The lowest BCUT2D eigenvalue weighted by Gasteiger charge is -2.26. The van der Waals surface area contributed by atoms with Gasteiger partial charge >= 0.3 is 0 Å². The van der Waals surface area contributed by atoms with Gasteiger partial charge in [-0.15, -0.1) is 0 Å². The van der Waals surface area contributed by atoms with Crippen LogP contribution in [0.25, 0.3) is 21.9 Å². The van der Waals surface area contributed by atoms with Gasteiger partial charge in [0.05, 0.1) is 23.1 Å². The molecule has 212 valence electrons. The van der Waals surface area contributed by atoms with Crippen LogP contribution in [-0.2, 0) is 17.9 Å². The second-order valence-corrected chi connectivity index (χ2v) is 10.7. The standard InChI is InChI=1S/C33H39N7O/c1-23-17-24(2)19-28(18-23)39(16-5-10-31(35)41)21-25-11-12-29-30(20-25)40(33(38-29)37-15-6-13-34)22-27-8-3-7-26-9-4-14-36-32(26)27/h3-4,7-9,11-12,14,17-20H,5-6,10,13,15-16,21-22,34H2,1-2H3,(H2,35,41)(H,37,38). The third kappa shape index (κ3) is 6.84. The highest BCUT2D eigenvalue weighted by Crippen LogP contribution is 2.27. The van der Waals surface area contributed by atoms with Gasteiger partial charge in [0.1, 0.15) is 0 Å². The quantitative estimate of drug-likeness (QED) is 0.172. The van der Waals surface area contributed by atoms with Gasteiger partial charge in [0.15, 0.2) is 0 Å². The minimum Gasteiger partial charge on any atom is -0.370 e. The van der Waals surface area contributed by atoms with Crippen molar-refractivity contribution in [3.8, 4) is 0 Å². The number of aromatic nitrogens is 3. The molecule has 41 heavy (non-hydrogen) atoms. The average molecular weight is 550 g/mol. The molecule has 8 heteroatoms. The van der Waals surface area contributed by atoms with Crippen LogP contribution < -0.4 is 21.7 Å². The van der Waals surface area contributed by atoms with Crippen LogP contribution in [0, 0.1) is 13.8 Å². The molecular formula is C33H39N7O. The smallest absolute Gasteiger partial charge is 0.217 e. The zero-order valence-electron chi connectivity index (χ0n) is 23.9. The number of fused-ring (bicyclic) bond motifs is 2. The number of pyridine rings is 1. The first-order valence-electron chi connectivity index (χ1n) is 14.3. The number of benzene rings is 3. The van der Waals surface area contributed by atoms with E-state index < -0.39 is 0 Å². The minimum atomic E-state index is -0.270. The second-order valence-electron chi connectivity index (χ2n) is 10.7. The summed E-state index contributed by atoms with van der Waals surface area (Å²) in [5.74, 6) is 0.555. The molecule has 0 bridgehead atoms. The van der Waals surface area contributed by atoms with E-state index in [0.717, 1.165) is 58.6 Å². The number of nitrogens with two attached hydrogens (primary N) is 2. The number of aryl methyl sites for hydroxylation is 2. The SMILES string of the molecule is Cc1cc(C)cc(N(CCCC(N)=O)Cc2ccc3nc(NCCCN)n(Cc4cccc5cccnc45)c3c2)c1. The predicted octanol–water partition coefficient (Wildman–Crippen LogP) is 5.28. The molecule has 5 aromatic rings. The van der Waals surface area contributed by atoms with Gasteiger partial charge in [0, 0.05) is 43.3 Å². The van der Waals surface area contributed by atoms with E-state index in [-0.39, 0.29) is 5.91 Å². The molecule has 0 fully saturated rings. The van der Waals surface area contributed by atoms with Crippen molar-refractivity contribution in [3.63, 3.8) is 0 Å². The summed E-state index contributed by atoms with van der Waals surface area (Å²) in [6, 6.07) is 23.4. The Bertz CT molecular complexity index is 1630. The van der Waals surface area contributed by atoms with Crippen LogP contribution in [0.15, 0.2) is 72.9 Å². The molecule has 0 spiro atoms. The number of rotatable bonds is 13. The molecule has 1 amide bonds. The van der Waals surface area contributed by atoms with Crippen LogP contribution in [0.1, 0.15) is 41.5 Å². The molecule has 2 heterocycles. The number of carbonyl (C=O) groups excluding carboxylic acids is 1. The molecule has 0 saturated carbocycles. The minimum absolute atomic E-state index is 0.270. The summed E-state index contributed by atoms with van der Waals surface area (Å²) in [6.07, 6.45) is 3.77. The van der Waals surface area contributed by atoms with E-state index >= 15 is 0 Å². The zero-order valence-corrected chi connectivity index (χ0v) is 23.9. The number of nitrogens with zero attached hydrogens (tertiary/aromatic N) is 4. The highest BCUT2D eigenvalue weighted by molar-refractivity contribution is 5.83. The molecule has 0 aliphatic carbocycles. The zero-order chi connectivity index (χ0) is 28.8. The van der Waals surface area contributed by atoms with E-state index in [9.17, 15) is 4.79 Å². The molecule has 0 atom stereocenters. The average Bonchev–Trinajstić information content (AvgIpc) is 3.28. The van der Waals surface area contributed by atoms with Crippen LogP contribution in [0.4, 0.5) is 11.6 Å². The number of anilines is 2. The van der Waals surface area contributed by atoms with Gasteiger partial charge in [-0.25, -0.2) is 4.98 Å². The maximum absolute atomic E-state index is 11.5. The number of nitrogens with one attached hydrogen (secondary N) is 1. The second kappa shape index (κ2) is 12.8. The summed E-state index contributed by atoms with van der Waals surface area (Å²) in [5.41, 5.74) is 20.1. The first-order valence-corrected chi connectivity index (χ1v) is 14.3. The number of carbonyl (C=O) groups is 1. The molecule has 0 saturated heterocycles. The fourth-order valence-electron chi connectivity index (χ4n) is 5.43. The van der Waals surface area contributed by atoms with Crippen molar-refractivity contribution in [2.75, 3.05) is 29.9 Å². The Hall–Kier alpha value is -4.43. The number of amides is 1. The van der Waals surface area contributed by atoms with Gasteiger partial charge in [-0.3, -0.25) is 9.78 Å². The van der Waals surface area contributed by atoms with Gasteiger partial charge in [0.25, 0.3) is 0 Å². The van der Waals surface area contributed by atoms with Crippen LogP contribution in [0.3, 0.4) is 0 Å². The molecule has 5 N–H and O–H groups in total. The highest BCUT2D eigenvalue weighted by Gasteiger charge is 2.16. The molecule has 2 aromatic heterocycles.